The van der Waals surface area contributed by atoms with Gasteiger partial charge in [0.2, 0.25) is 0 Å². The molecule has 1 aromatic carbocycles. The first-order chi connectivity index (χ1) is 9.49. The second kappa shape index (κ2) is 6.27. The molecular weight excluding hydrogens is 266 g/mol. The Balaban J connectivity index is 1.96. The third-order valence-electron chi connectivity index (χ3n) is 3.07. The van der Waals surface area contributed by atoms with E-state index in [1.165, 1.54) is 10.5 Å². The van der Waals surface area contributed by atoms with Gasteiger partial charge in [0.1, 0.15) is 5.82 Å². The summed E-state index contributed by atoms with van der Waals surface area (Å²) in [7, 11) is 1.84. The minimum absolute atomic E-state index is 0.206. The van der Waals surface area contributed by atoms with E-state index in [0.717, 1.165) is 17.3 Å². The lowest BCUT2D eigenvalue weighted by molar-refractivity contribution is 0.590. The number of nitrogens with one attached hydrogen (secondary N) is 1. The Kier molecular flexibility index (Phi) is 4.65. The lowest BCUT2D eigenvalue weighted by atomic mass is 9.87. The first kappa shape index (κ1) is 14.9. The van der Waals surface area contributed by atoms with Gasteiger partial charge in [0, 0.05) is 17.7 Å². The number of hydrogen-bond donors (Lipinski definition) is 1. The van der Waals surface area contributed by atoms with E-state index in [1.807, 2.05) is 13.2 Å². The molecule has 1 aromatic heterocycles. The zero-order valence-corrected chi connectivity index (χ0v) is 13.3. The van der Waals surface area contributed by atoms with Gasteiger partial charge >= 0.3 is 0 Å². The molecule has 0 unspecified atom stereocenters. The quantitative estimate of drug-likeness (QED) is 0.859. The lowest BCUT2D eigenvalue weighted by Crippen LogP contribution is -2.10. The molecule has 1 N–H and O–H groups in total. The normalized spacial score (nSPS) is 11.4. The van der Waals surface area contributed by atoms with Crippen LogP contribution in [0.15, 0.2) is 41.6 Å². The van der Waals surface area contributed by atoms with Gasteiger partial charge in [0.15, 0.2) is 0 Å². The van der Waals surface area contributed by atoms with Crippen molar-refractivity contribution in [3.8, 4) is 0 Å². The minimum Gasteiger partial charge on any atom is -0.372 e. The van der Waals surface area contributed by atoms with E-state index in [2.05, 4.69) is 60.3 Å². The molecule has 0 bridgehead atoms. The molecule has 0 saturated carbocycles. The van der Waals surface area contributed by atoms with Crippen LogP contribution in [-0.2, 0) is 11.2 Å². The molecule has 0 spiro atoms. The molecule has 0 aliphatic rings. The maximum absolute atomic E-state index is 4.38. The molecule has 0 amide bonds. The van der Waals surface area contributed by atoms with Crippen LogP contribution in [0.25, 0.3) is 0 Å². The highest BCUT2D eigenvalue weighted by Crippen LogP contribution is 2.27. The Morgan fingerprint density at radius 3 is 2.25 bits per heavy atom. The molecule has 0 aliphatic heterocycles. The topological polar surface area (TPSA) is 37.8 Å². The van der Waals surface area contributed by atoms with E-state index >= 15 is 0 Å². The van der Waals surface area contributed by atoms with Crippen molar-refractivity contribution < 1.29 is 0 Å². The Hall–Kier alpha value is -1.55. The molecule has 0 aliphatic carbocycles. The Bertz CT molecular complexity index is 541. The SMILES string of the molecule is CNc1cnc(CSc2ccc(C(C)(C)C)cc2)cn1. The van der Waals surface area contributed by atoms with Crippen LogP contribution in [0, 0.1) is 0 Å². The molecule has 0 fully saturated rings. The summed E-state index contributed by atoms with van der Waals surface area (Å²) < 4.78 is 0. The van der Waals surface area contributed by atoms with Crippen molar-refractivity contribution in [1.82, 2.24) is 9.97 Å². The Morgan fingerprint density at radius 1 is 1.05 bits per heavy atom. The molecule has 3 nitrogen and oxygen atoms in total. The third kappa shape index (κ3) is 3.97. The molecule has 0 atom stereocenters. The van der Waals surface area contributed by atoms with E-state index in [-0.39, 0.29) is 5.41 Å². The maximum Gasteiger partial charge on any atom is 0.144 e. The van der Waals surface area contributed by atoms with Crippen molar-refractivity contribution in [3.63, 3.8) is 0 Å². The molecule has 2 rings (SSSR count). The summed E-state index contributed by atoms with van der Waals surface area (Å²) in [4.78, 5) is 9.91. The fourth-order valence-corrected chi connectivity index (χ4v) is 2.56. The van der Waals surface area contributed by atoms with Gasteiger partial charge in [-0.3, -0.25) is 4.98 Å². The minimum atomic E-state index is 0.206. The first-order valence-electron chi connectivity index (χ1n) is 6.71. The van der Waals surface area contributed by atoms with Gasteiger partial charge in [0.25, 0.3) is 0 Å². The van der Waals surface area contributed by atoms with E-state index in [0.29, 0.717) is 0 Å². The number of rotatable bonds is 4. The first-order valence-corrected chi connectivity index (χ1v) is 7.69. The van der Waals surface area contributed by atoms with Crippen molar-refractivity contribution in [2.75, 3.05) is 12.4 Å². The van der Waals surface area contributed by atoms with Gasteiger partial charge in [-0.25, -0.2) is 4.98 Å². The van der Waals surface area contributed by atoms with Crippen molar-refractivity contribution in [3.05, 3.63) is 47.9 Å². The second-order valence-corrected chi connectivity index (χ2v) is 6.75. The summed E-state index contributed by atoms with van der Waals surface area (Å²) in [5.74, 6) is 1.64. The lowest BCUT2D eigenvalue weighted by Gasteiger charge is -2.19. The van der Waals surface area contributed by atoms with Crippen LogP contribution in [0.3, 0.4) is 0 Å². The van der Waals surface area contributed by atoms with Gasteiger partial charge < -0.3 is 5.32 Å². The second-order valence-electron chi connectivity index (χ2n) is 5.71. The highest BCUT2D eigenvalue weighted by Gasteiger charge is 2.12. The summed E-state index contributed by atoms with van der Waals surface area (Å²) >= 11 is 1.78. The van der Waals surface area contributed by atoms with Crippen LogP contribution >= 0.6 is 11.8 Å². The van der Waals surface area contributed by atoms with E-state index in [9.17, 15) is 0 Å². The molecule has 106 valence electrons. The molecule has 4 heteroatoms. The number of thioether (sulfide) groups is 1. The van der Waals surface area contributed by atoms with Crippen LogP contribution in [-0.4, -0.2) is 17.0 Å². The van der Waals surface area contributed by atoms with E-state index in [1.54, 1.807) is 18.0 Å². The smallest absolute Gasteiger partial charge is 0.144 e. The van der Waals surface area contributed by atoms with Gasteiger partial charge in [0.05, 0.1) is 18.1 Å². The highest BCUT2D eigenvalue weighted by atomic mass is 32.2. The van der Waals surface area contributed by atoms with Crippen molar-refractivity contribution in [2.24, 2.45) is 0 Å². The fourth-order valence-electron chi connectivity index (χ4n) is 1.77. The third-order valence-corrected chi connectivity index (χ3v) is 4.11. The predicted molar refractivity (Wildman–Crippen MR) is 86.3 cm³/mol. The molecule has 2 aromatic rings. The summed E-state index contributed by atoms with van der Waals surface area (Å²) in [6.45, 7) is 6.69. The predicted octanol–water partition coefficient (Wildman–Crippen LogP) is 4.11. The number of benzene rings is 1. The highest BCUT2D eigenvalue weighted by molar-refractivity contribution is 7.98. The summed E-state index contributed by atoms with van der Waals surface area (Å²) in [5, 5.41) is 2.97. The summed E-state index contributed by atoms with van der Waals surface area (Å²) in [6.07, 6.45) is 3.58. The standard InChI is InChI=1S/C16H21N3S/c1-16(2,3)12-5-7-14(8-6-12)20-11-13-9-19-15(17-4)10-18-13/h5-10H,11H2,1-4H3,(H,17,19). The Morgan fingerprint density at radius 2 is 1.75 bits per heavy atom. The van der Waals surface area contributed by atoms with E-state index < -0.39 is 0 Å². The number of aromatic nitrogens is 2. The summed E-state index contributed by atoms with van der Waals surface area (Å²) in [6, 6.07) is 8.78. The zero-order chi connectivity index (χ0) is 14.6. The Labute approximate surface area is 125 Å². The number of nitrogens with zero attached hydrogens (tertiary/aromatic N) is 2. The molecule has 0 radical (unpaired) electrons. The number of anilines is 1. The van der Waals surface area contributed by atoms with Crippen LogP contribution in [0.5, 0.6) is 0 Å². The number of hydrogen-bond acceptors (Lipinski definition) is 4. The van der Waals surface area contributed by atoms with Gasteiger partial charge in [-0.05, 0) is 23.1 Å². The molecular formula is C16H21N3S. The maximum atomic E-state index is 4.38. The van der Waals surface area contributed by atoms with Crippen LogP contribution < -0.4 is 5.32 Å². The average Bonchev–Trinajstić information content (AvgIpc) is 2.45. The molecule has 20 heavy (non-hydrogen) atoms. The monoisotopic (exact) mass is 287 g/mol. The zero-order valence-electron chi connectivity index (χ0n) is 12.5. The van der Waals surface area contributed by atoms with E-state index in [4.69, 9.17) is 0 Å². The van der Waals surface area contributed by atoms with Crippen LogP contribution in [0.4, 0.5) is 5.82 Å². The van der Waals surface area contributed by atoms with Crippen molar-refractivity contribution in [1.29, 1.82) is 0 Å². The van der Waals surface area contributed by atoms with Crippen molar-refractivity contribution in [2.45, 2.75) is 36.8 Å². The fraction of sp³-hybridized carbons (Fsp3) is 0.375. The van der Waals surface area contributed by atoms with Gasteiger partial charge in [-0.1, -0.05) is 32.9 Å². The molecule has 0 saturated heterocycles. The van der Waals surface area contributed by atoms with Crippen LogP contribution in [0.2, 0.25) is 0 Å². The van der Waals surface area contributed by atoms with Crippen molar-refractivity contribution >= 4 is 17.6 Å². The average molecular weight is 287 g/mol. The summed E-state index contributed by atoms with van der Waals surface area (Å²) in [5.41, 5.74) is 2.56. The largest absolute Gasteiger partial charge is 0.372 e. The van der Waals surface area contributed by atoms with Gasteiger partial charge in [-0.2, -0.15) is 0 Å². The molecule has 1 heterocycles. The van der Waals surface area contributed by atoms with Gasteiger partial charge in [-0.15, -0.1) is 11.8 Å². The van der Waals surface area contributed by atoms with Crippen LogP contribution in [0.1, 0.15) is 32.0 Å².